The van der Waals surface area contributed by atoms with Crippen LogP contribution in [-0.2, 0) is 17.8 Å². The molecule has 0 spiro atoms. The number of halogens is 1. The summed E-state index contributed by atoms with van der Waals surface area (Å²) in [5.74, 6) is 0.254. The lowest BCUT2D eigenvalue weighted by molar-refractivity contribution is -0.126. The Hall–Kier alpha value is -0.870. The maximum Gasteiger partial charge on any atom is 0.138 e. The highest BCUT2D eigenvalue weighted by atomic mass is 35.5. The molecule has 108 valence electrons. The number of likely N-dealkylation sites (N-methyl/N-ethyl adjacent to an activating group) is 1. The molecular formula is C14H24ClN3O. The summed E-state index contributed by atoms with van der Waals surface area (Å²) >= 11 is 6.15. The van der Waals surface area contributed by atoms with Crippen molar-refractivity contribution >= 4 is 17.4 Å². The largest absolute Gasteiger partial charge is 0.308 e. The first-order valence-corrected chi connectivity index (χ1v) is 6.98. The molecule has 1 heterocycles. The fraction of sp³-hybridized carbons (Fsp3) is 0.714. The van der Waals surface area contributed by atoms with Crippen LogP contribution in [0.25, 0.3) is 0 Å². The average Bonchev–Trinajstić information content (AvgIpc) is 2.63. The van der Waals surface area contributed by atoms with Crippen molar-refractivity contribution in [1.29, 1.82) is 0 Å². The maximum absolute atomic E-state index is 12.0. The number of hydrogen-bond donors (Lipinski definition) is 0. The van der Waals surface area contributed by atoms with E-state index in [2.05, 4.69) is 10.00 Å². The Morgan fingerprint density at radius 1 is 1.42 bits per heavy atom. The van der Waals surface area contributed by atoms with Crippen molar-refractivity contribution in [3.8, 4) is 0 Å². The van der Waals surface area contributed by atoms with E-state index in [1.807, 2.05) is 39.5 Å². The van der Waals surface area contributed by atoms with E-state index in [1.165, 1.54) is 0 Å². The van der Waals surface area contributed by atoms with Gasteiger partial charge in [0.2, 0.25) is 0 Å². The summed E-state index contributed by atoms with van der Waals surface area (Å²) in [6.45, 7) is 7.53. The molecule has 0 aromatic carbocycles. The van der Waals surface area contributed by atoms with E-state index in [9.17, 15) is 4.79 Å². The lowest BCUT2D eigenvalue weighted by Crippen LogP contribution is -2.22. The van der Waals surface area contributed by atoms with E-state index in [-0.39, 0.29) is 11.2 Å². The predicted octanol–water partition coefficient (Wildman–Crippen LogP) is 2.65. The second-order valence-electron chi connectivity index (χ2n) is 6.14. The van der Waals surface area contributed by atoms with E-state index in [4.69, 9.17) is 11.6 Å². The van der Waals surface area contributed by atoms with Crippen molar-refractivity contribution in [2.45, 2.75) is 40.2 Å². The van der Waals surface area contributed by atoms with Gasteiger partial charge in [-0.15, -0.1) is 0 Å². The molecule has 1 aromatic heterocycles. The Labute approximate surface area is 120 Å². The molecule has 1 rings (SSSR count). The van der Waals surface area contributed by atoms with Gasteiger partial charge in [0.1, 0.15) is 5.78 Å². The minimum absolute atomic E-state index is 0.254. The second kappa shape index (κ2) is 6.53. The minimum Gasteiger partial charge on any atom is -0.308 e. The Morgan fingerprint density at radius 2 is 2.05 bits per heavy atom. The van der Waals surface area contributed by atoms with E-state index in [0.29, 0.717) is 17.9 Å². The average molecular weight is 286 g/mol. The molecule has 0 aliphatic rings. The quantitative estimate of drug-likeness (QED) is 0.806. The van der Waals surface area contributed by atoms with Crippen LogP contribution in [0.5, 0.6) is 0 Å². The molecule has 0 fully saturated rings. The Bertz CT molecular complexity index is 432. The van der Waals surface area contributed by atoms with Crippen molar-refractivity contribution in [3.05, 3.63) is 16.9 Å². The summed E-state index contributed by atoms with van der Waals surface area (Å²) in [6.07, 6.45) is 2.83. The van der Waals surface area contributed by atoms with Gasteiger partial charge in [0.25, 0.3) is 0 Å². The fourth-order valence-electron chi connectivity index (χ4n) is 1.73. The van der Waals surface area contributed by atoms with Crippen LogP contribution in [0.1, 0.15) is 32.9 Å². The van der Waals surface area contributed by atoms with Crippen molar-refractivity contribution in [2.75, 3.05) is 20.6 Å². The molecule has 1 aromatic rings. The zero-order chi connectivity index (χ0) is 14.6. The molecule has 0 aliphatic heterocycles. The standard InChI is InChI=1S/C14H24ClN3O/c1-14(2,3)13(19)7-6-12-11(15)10-16-18(12)9-8-17(4)5/h10H,6-9H2,1-5H3. The van der Waals surface area contributed by atoms with E-state index in [1.54, 1.807) is 6.20 Å². The van der Waals surface area contributed by atoms with Crippen molar-refractivity contribution in [3.63, 3.8) is 0 Å². The number of aromatic nitrogens is 2. The number of carbonyl (C=O) groups is 1. The van der Waals surface area contributed by atoms with Crippen molar-refractivity contribution in [1.82, 2.24) is 14.7 Å². The summed E-state index contributed by atoms with van der Waals surface area (Å²) in [4.78, 5) is 14.1. The third-order valence-corrected chi connectivity index (χ3v) is 3.40. The smallest absolute Gasteiger partial charge is 0.138 e. The number of ketones is 1. The normalized spacial score (nSPS) is 12.2. The number of nitrogens with zero attached hydrogens (tertiary/aromatic N) is 3. The van der Waals surface area contributed by atoms with Crippen LogP contribution in [0.3, 0.4) is 0 Å². The zero-order valence-corrected chi connectivity index (χ0v) is 13.3. The van der Waals surface area contributed by atoms with Crippen LogP contribution in [0.4, 0.5) is 0 Å². The number of carbonyl (C=O) groups excluding carboxylic acids is 1. The predicted molar refractivity (Wildman–Crippen MR) is 78.6 cm³/mol. The van der Waals surface area contributed by atoms with Gasteiger partial charge in [0.15, 0.2) is 0 Å². The number of Topliss-reactive ketones (excluding diaryl/α,β-unsaturated/α-hetero) is 1. The van der Waals surface area contributed by atoms with Crippen molar-refractivity contribution in [2.24, 2.45) is 5.41 Å². The van der Waals surface area contributed by atoms with Crippen LogP contribution in [0, 0.1) is 5.41 Å². The highest BCUT2D eigenvalue weighted by Gasteiger charge is 2.21. The monoisotopic (exact) mass is 285 g/mol. The molecule has 4 nitrogen and oxygen atoms in total. The molecule has 19 heavy (non-hydrogen) atoms. The summed E-state index contributed by atoms with van der Waals surface area (Å²) in [6, 6.07) is 0. The lowest BCUT2D eigenvalue weighted by Gasteiger charge is -2.17. The summed E-state index contributed by atoms with van der Waals surface area (Å²) in [7, 11) is 4.04. The Balaban J connectivity index is 2.67. The maximum atomic E-state index is 12.0. The third-order valence-electron chi connectivity index (χ3n) is 3.08. The van der Waals surface area contributed by atoms with Crippen LogP contribution < -0.4 is 0 Å². The second-order valence-corrected chi connectivity index (χ2v) is 6.55. The summed E-state index contributed by atoms with van der Waals surface area (Å²) in [5, 5.41) is 4.93. The van der Waals surface area contributed by atoms with Gasteiger partial charge in [0.05, 0.1) is 23.5 Å². The van der Waals surface area contributed by atoms with Gasteiger partial charge in [-0.25, -0.2) is 0 Å². The first-order valence-electron chi connectivity index (χ1n) is 6.60. The molecule has 0 N–H and O–H groups in total. The van der Waals surface area contributed by atoms with Crippen LogP contribution in [0.15, 0.2) is 6.20 Å². The first-order chi connectivity index (χ1) is 8.71. The highest BCUT2D eigenvalue weighted by Crippen LogP contribution is 2.21. The molecule has 5 heteroatoms. The van der Waals surface area contributed by atoms with Crippen molar-refractivity contribution < 1.29 is 4.79 Å². The van der Waals surface area contributed by atoms with Gasteiger partial charge in [-0.3, -0.25) is 9.48 Å². The van der Waals surface area contributed by atoms with Crippen LogP contribution in [0.2, 0.25) is 5.02 Å². The SMILES string of the molecule is CN(C)CCn1ncc(Cl)c1CCC(=O)C(C)(C)C. The summed E-state index contributed by atoms with van der Waals surface area (Å²) in [5.41, 5.74) is 0.669. The lowest BCUT2D eigenvalue weighted by atomic mass is 9.88. The zero-order valence-electron chi connectivity index (χ0n) is 12.5. The molecular weight excluding hydrogens is 262 g/mol. The highest BCUT2D eigenvalue weighted by molar-refractivity contribution is 6.31. The van der Waals surface area contributed by atoms with Gasteiger partial charge in [-0.05, 0) is 20.5 Å². The van der Waals surface area contributed by atoms with Crippen LogP contribution >= 0.6 is 11.6 Å². The molecule has 0 atom stereocenters. The van der Waals surface area contributed by atoms with E-state index < -0.39 is 0 Å². The van der Waals surface area contributed by atoms with Gasteiger partial charge in [-0.2, -0.15) is 5.10 Å². The van der Waals surface area contributed by atoms with Gasteiger partial charge in [0, 0.05) is 18.4 Å². The third kappa shape index (κ3) is 4.96. The molecule has 0 bridgehead atoms. The van der Waals surface area contributed by atoms with E-state index >= 15 is 0 Å². The van der Waals surface area contributed by atoms with E-state index in [0.717, 1.165) is 18.8 Å². The number of hydrogen-bond acceptors (Lipinski definition) is 3. The molecule has 0 unspecified atom stereocenters. The molecule has 0 saturated carbocycles. The molecule has 0 aliphatic carbocycles. The number of rotatable bonds is 6. The Kier molecular flexibility index (Phi) is 5.56. The Morgan fingerprint density at radius 3 is 2.58 bits per heavy atom. The molecule has 0 amide bonds. The summed E-state index contributed by atoms with van der Waals surface area (Å²) < 4.78 is 1.90. The topological polar surface area (TPSA) is 38.1 Å². The van der Waals surface area contributed by atoms with Crippen LogP contribution in [-0.4, -0.2) is 41.1 Å². The minimum atomic E-state index is -0.291. The van der Waals surface area contributed by atoms with Gasteiger partial charge < -0.3 is 4.90 Å². The first kappa shape index (κ1) is 16.2. The van der Waals surface area contributed by atoms with Gasteiger partial charge in [-0.1, -0.05) is 32.4 Å². The fourth-order valence-corrected chi connectivity index (χ4v) is 1.97. The molecule has 0 radical (unpaired) electrons. The van der Waals surface area contributed by atoms with Gasteiger partial charge >= 0.3 is 0 Å². The molecule has 0 saturated heterocycles.